The van der Waals surface area contributed by atoms with E-state index in [1.807, 2.05) is 36.6 Å². The fourth-order valence-corrected chi connectivity index (χ4v) is 7.05. The summed E-state index contributed by atoms with van der Waals surface area (Å²) < 4.78 is 31.7. The molecule has 1 N–H and O–H groups in total. The number of sulfone groups is 1. The number of carbonyl (C=O) groups is 1. The van der Waals surface area contributed by atoms with Crippen molar-refractivity contribution in [3.05, 3.63) is 47.2 Å². The molecule has 1 saturated heterocycles. The highest BCUT2D eigenvalue weighted by molar-refractivity contribution is 8.01. The summed E-state index contributed by atoms with van der Waals surface area (Å²) in [6.45, 7) is 4.33. The Morgan fingerprint density at radius 1 is 1.40 bits per heavy atom. The summed E-state index contributed by atoms with van der Waals surface area (Å²) in [5.74, 6) is 1.41. The van der Waals surface area contributed by atoms with Crippen LogP contribution in [-0.2, 0) is 16.4 Å². The van der Waals surface area contributed by atoms with Crippen LogP contribution in [0, 0.1) is 13.8 Å². The first kappa shape index (κ1) is 21.1. The molecule has 0 unspecified atom stereocenters. The molecule has 160 valence electrons. The van der Waals surface area contributed by atoms with Crippen molar-refractivity contribution in [2.24, 2.45) is 0 Å². The number of hydrogen-bond acceptors (Lipinski definition) is 9. The molecule has 0 saturated carbocycles. The van der Waals surface area contributed by atoms with Crippen molar-refractivity contribution in [3.8, 4) is 0 Å². The van der Waals surface area contributed by atoms with Crippen molar-refractivity contribution in [1.29, 1.82) is 0 Å². The number of carbonyl (C=O) groups excluding carboxylic acids is 1. The quantitative estimate of drug-likeness (QED) is 0.397. The molecule has 1 aliphatic heterocycles. The molecule has 4 heterocycles. The molecule has 3 aromatic heterocycles. The van der Waals surface area contributed by atoms with Gasteiger partial charge in [0.15, 0.2) is 20.0 Å². The Balaban J connectivity index is 1.37. The Hall–Kier alpha value is -2.11. The van der Waals surface area contributed by atoms with E-state index >= 15 is 0 Å². The van der Waals surface area contributed by atoms with Crippen LogP contribution in [0.4, 0.5) is 5.13 Å². The lowest BCUT2D eigenvalue weighted by Crippen LogP contribution is -2.14. The number of rotatable bonds is 8. The van der Waals surface area contributed by atoms with E-state index in [1.54, 1.807) is 6.26 Å². The van der Waals surface area contributed by atoms with Gasteiger partial charge in [-0.15, -0.1) is 10.2 Å². The van der Waals surface area contributed by atoms with E-state index in [1.165, 1.54) is 23.1 Å². The number of thioether (sulfide) groups is 1. The number of Topliss-reactive ketones (excluding diaryl/α,β-unsaturated/α-hetero) is 1. The van der Waals surface area contributed by atoms with Crippen LogP contribution in [0.25, 0.3) is 0 Å². The smallest absolute Gasteiger partial charge is 0.206 e. The third-order valence-electron chi connectivity index (χ3n) is 5.09. The van der Waals surface area contributed by atoms with Crippen molar-refractivity contribution in [3.63, 3.8) is 0 Å². The number of furan rings is 1. The highest BCUT2D eigenvalue weighted by atomic mass is 32.2. The summed E-state index contributed by atoms with van der Waals surface area (Å²) in [6, 6.07) is 5.47. The Labute approximate surface area is 183 Å². The molecule has 0 spiro atoms. The Morgan fingerprint density at radius 2 is 2.23 bits per heavy atom. The van der Waals surface area contributed by atoms with E-state index in [4.69, 9.17) is 4.42 Å². The van der Waals surface area contributed by atoms with E-state index in [-0.39, 0.29) is 29.1 Å². The fourth-order valence-electron chi connectivity index (χ4n) is 3.72. The van der Waals surface area contributed by atoms with Crippen LogP contribution in [0.3, 0.4) is 0 Å². The second kappa shape index (κ2) is 8.56. The summed E-state index contributed by atoms with van der Waals surface area (Å²) in [4.78, 5) is 12.8. The molecule has 1 fully saturated rings. The Morgan fingerprint density at radius 3 is 2.93 bits per heavy atom. The second-order valence-corrected chi connectivity index (χ2v) is 11.7. The van der Waals surface area contributed by atoms with Gasteiger partial charge in [0.1, 0.15) is 5.76 Å². The van der Waals surface area contributed by atoms with Crippen LogP contribution < -0.4 is 5.32 Å². The number of nitrogens with one attached hydrogen (secondary N) is 1. The maximum Gasteiger partial charge on any atom is 0.206 e. The van der Waals surface area contributed by atoms with Gasteiger partial charge in [0.2, 0.25) is 5.13 Å². The van der Waals surface area contributed by atoms with Gasteiger partial charge in [-0.1, -0.05) is 23.1 Å². The van der Waals surface area contributed by atoms with Crippen LogP contribution in [0.2, 0.25) is 0 Å². The third-order valence-corrected chi connectivity index (χ3v) is 8.85. The van der Waals surface area contributed by atoms with Crippen LogP contribution >= 0.6 is 23.1 Å². The van der Waals surface area contributed by atoms with Crippen molar-refractivity contribution in [1.82, 2.24) is 14.8 Å². The average molecular weight is 467 g/mol. The van der Waals surface area contributed by atoms with Gasteiger partial charge in [0.05, 0.1) is 30.1 Å². The van der Waals surface area contributed by atoms with Crippen molar-refractivity contribution in [2.45, 2.75) is 37.2 Å². The number of aryl methyl sites for hydroxylation is 1. The van der Waals surface area contributed by atoms with E-state index in [0.29, 0.717) is 28.0 Å². The minimum absolute atomic E-state index is 0.000462. The zero-order chi connectivity index (χ0) is 21.3. The molecule has 3 aromatic rings. The molecule has 0 aliphatic carbocycles. The van der Waals surface area contributed by atoms with Gasteiger partial charge < -0.3 is 14.3 Å². The van der Waals surface area contributed by atoms with Crippen LogP contribution in [-0.4, -0.2) is 46.2 Å². The first-order valence-electron chi connectivity index (χ1n) is 9.47. The summed E-state index contributed by atoms with van der Waals surface area (Å²) in [5.41, 5.74) is 2.39. The molecule has 30 heavy (non-hydrogen) atoms. The lowest BCUT2D eigenvalue weighted by Gasteiger charge is -2.16. The highest BCUT2D eigenvalue weighted by Crippen LogP contribution is 2.31. The molecule has 0 amide bonds. The first-order valence-corrected chi connectivity index (χ1v) is 13.1. The van der Waals surface area contributed by atoms with Gasteiger partial charge in [-0.05, 0) is 38.5 Å². The molecular formula is C19H22N4O4S3. The topological polar surface area (TPSA) is 107 Å². The van der Waals surface area contributed by atoms with E-state index in [2.05, 4.69) is 15.5 Å². The van der Waals surface area contributed by atoms with Gasteiger partial charge in [0.25, 0.3) is 0 Å². The SMILES string of the molecule is Cc1cc(C(=O)CSc2nnc(NCc3ccco3)s2)c(C)n1[C@@H]1CCS(=O)(=O)C1. The van der Waals surface area contributed by atoms with Crippen molar-refractivity contribution >= 4 is 43.9 Å². The maximum absolute atomic E-state index is 12.8. The largest absolute Gasteiger partial charge is 0.467 e. The number of nitrogens with zero attached hydrogens (tertiary/aromatic N) is 3. The molecule has 8 nitrogen and oxygen atoms in total. The zero-order valence-corrected chi connectivity index (χ0v) is 19.1. The monoisotopic (exact) mass is 466 g/mol. The molecule has 1 atom stereocenters. The normalized spacial score (nSPS) is 18.0. The number of anilines is 1. The summed E-state index contributed by atoms with van der Waals surface area (Å²) in [5, 5.41) is 12.0. The first-order chi connectivity index (χ1) is 14.3. The minimum Gasteiger partial charge on any atom is -0.467 e. The van der Waals surface area contributed by atoms with Gasteiger partial charge in [-0.2, -0.15) is 0 Å². The standard InChI is InChI=1S/C19H22N4O4S3/c1-12-8-16(13(2)23(12)14-5-7-30(25,26)11-14)17(24)10-28-19-22-21-18(29-19)20-9-15-4-3-6-27-15/h3-4,6,8,14H,5,7,9-11H2,1-2H3,(H,20,21)/t14-/m1/s1. The van der Waals surface area contributed by atoms with Crippen LogP contribution in [0.1, 0.15) is 40.0 Å². The molecule has 1 aliphatic rings. The van der Waals surface area contributed by atoms with Crippen molar-refractivity contribution < 1.29 is 17.6 Å². The number of hydrogen-bond donors (Lipinski definition) is 1. The zero-order valence-electron chi connectivity index (χ0n) is 16.6. The second-order valence-electron chi connectivity index (χ2n) is 7.23. The molecule has 0 bridgehead atoms. The summed E-state index contributed by atoms with van der Waals surface area (Å²) in [6.07, 6.45) is 2.21. The van der Waals surface area contributed by atoms with Gasteiger partial charge in [-0.25, -0.2) is 8.42 Å². The predicted octanol–water partition coefficient (Wildman–Crippen LogP) is 3.50. The van der Waals surface area contributed by atoms with Crippen LogP contribution in [0.5, 0.6) is 0 Å². The molecule has 4 rings (SSSR count). The number of ketones is 1. The highest BCUT2D eigenvalue weighted by Gasteiger charge is 2.31. The summed E-state index contributed by atoms with van der Waals surface area (Å²) >= 11 is 2.74. The Bertz CT molecular complexity index is 1150. The lowest BCUT2D eigenvalue weighted by molar-refractivity contribution is 0.102. The fraction of sp³-hybridized carbons (Fsp3) is 0.421. The van der Waals surface area contributed by atoms with E-state index < -0.39 is 9.84 Å². The molecular weight excluding hydrogens is 444 g/mol. The lowest BCUT2D eigenvalue weighted by atomic mass is 10.2. The van der Waals surface area contributed by atoms with E-state index in [9.17, 15) is 13.2 Å². The Kier molecular flexibility index (Phi) is 6.03. The van der Waals surface area contributed by atoms with Crippen molar-refractivity contribution in [2.75, 3.05) is 22.6 Å². The minimum atomic E-state index is -2.99. The maximum atomic E-state index is 12.8. The van der Waals surface area contributed by atoms with Gasteiger partial charge in [0, 0.05) is 23.0 Å². The number of aromatic nitrogens is 3. The van der Waals surface area contributed by atoms with Gasteiger partial charge >= 0.3 is 0 Å². The van der Waals surface area contributed by atoms with Crippen LogP contribution in [0.15, 0.2) is 33.2 Å². The third kappa shape index (κ3) is 4.62. The molecule has 11 heteroatoms. The summed E-state index contributed by atoms with van der Waals surface area (Å²) in [7, 11) is -2.99. The van der Waals surface area contributed by atoms with Gasteiger partial charge in [-0.3, -0.25) is 4.79 Å². The average Bonchev–Trinajstić information content (AvgIpc) is 3.47. The van der Waals surface area contributed by atoms with E-state index in [0.717, 1.165) is 17.1 Å². The molecule has 0 radical (unpaired) electrons. The molecule has 0 aromatic carbocycles. The predicted molar refractivity (Wildman–Crippen MR) is 117 cm³/mol.